The first-order chi connectivity index (χ1) is 52.3. The van der Waals surface area contributed by atoms with Crippen LogP contribution in [0, 0.1) is 24.3 Å². The van der Waals surface area contributed by atoms with Gasteiger partial charge in [0.1, 0.15) is 0 Å². The average Bonchev–Trinajstić information content (AvgIpc) is 0.968. The Morgan fingerprint density at radius 3 is 1.22 bits per heavy atom. The van der Waals surface area contributed by atoms with Crippen molar-refractivity contribution in [2.75, 3.05) is 0 Å². The normalized spacial score (nSPS) is 11.3. The molecular weight excluding hydrogens is 1640 g/mol. The molecule has 23 rings (SSSR count). The zero-order valence-corrected chi connectivity index (χ0v) is 72.8. The minimum Gasteiger partial charge on any atom is -0.361 e. The van der Waals surface area contributed by atoms with E-state index < -0.39 is 0 Å². The maximum atomic E-state index is 3.44. The summed E-state index contributed by atoms with van der Waals surface area (Å²) in [5.41, 5.74) is 20.2. The molecule has 0 bridgehead atoms. The Labute approximate surface area is 739 Å². The molecule has 0 aliphatic heterocycles. The Balaban J connectivity index is 0.000000113. The molecule has 0 unspecified atom stereocenters. The van der Waals surface area contributed by atoms with Gasteiger partial charge in [-0.15, -0.1) is 75.8 Å². The second kappa shape index (κ2) is 31.2. The molecule has 0 fully saturated rings. The Morgan fingerprint density at radius 2 is 0.627 bits per heavy atom. The van der Waals surface area contributed by atoms with E-state index in [9.17, 15) is 0 Å². The third-order valence-corrected chi connectivity index (χ3v) is 22.5. The van der Waals surface area contributed by atoms with Gasteiger partial charge in [-0.2, -0.15) is 60.7 Å². The van der Waals surface area contributed by atoms with Gasteiger partial charge in [0.2, 0.25) is 0 Å². The maximum absolute atomic E-state index is 3.44. The van der Waals surface area contributed by atoms with Gasteiger partial charge < -0.3 is 18.3 Å². The van der Waals surface area contributed by atoms with Crippen molar-refractivity contribution in [3.63, 3.8) is 0 Å². The van der Waals surface area contributed by atoms with Gasteiger partial charge in [-0.1, -0.05) is 216 Å². The molecule has 4 heterocycles. The summed E-state index contributed by atoms with van der Waals surface area (Å²) in [5.74, 6) is 0. The summed E-state index contributed by atoms with van der Waals surface area (Å²) in [6.07, 6.45) is 0. The number of aromatic nitrogens is 4. The first-order valence-corrected chi connectivity index (χ1v) is 36.4. The molecule has 512 valence electrons. The third-order valence-electron chi connectivity index (χ3n) is 22.5. The van der Waals surface area contributed by atoms with Crippen molar-refractivity contribution in [3.05, 3.63) is 364 Å². The molecule has 4 nitrogen and oxygen atoms in total. The van der Waals surface area contributed by atoms with Gasteiger partial charge in [0, 0.05) is 230 Å². The fraction of sp³-hybridized carbons (Fsp3) is 0.0392. The minimum atomic E-state index is 0. The van der Waals surface area contributed by atoms with Crippen molar-refractivity contribution in [1.82, 2.24) is 18.3 Å². The minimum absolute atomic E-state index is 0. The average molecular weight is 1710 g/mol. The van der Waals surface area contributed by atoms with Crippen LogP contribution in [0.25, 0.3) is 207 Å². The standard InChI is InChI=1S/C33H20N.C29H20N.C23H16N.C17H12N.4Y/c1-34-30-12-5-4-10-25(30)29-19-28(23-9-2-3-11-27(23)33(29)34)24-17-15-22-14-13-20-7-6-8-21-16-18-26(24)32(22)31(20)21;1-30-27-17-16-24(22-13-11-21(12-14-22)20-7-3-2-4-8-20)19-26(27)29-25-10-6-5-9-23(25)15-18-28(29)30;1-24-21-13-12-18(16-7-3-2-4-8-16)15-20(21)23-19-10-6-5-9-17(19)11-14-22(23)24;1-18-16-9-5-4-8-14(16)15-11-10-12-6-2-3-7-13(12)17(15)18;;;;/h2-6,8-19H,1H3;3-19H,1H3;3-15H,1H3;2-9,11H,1H3;;;;/q4*-1;;;;. The molecular formula is C102H68N4Y4-4. The van der Waals surface area contributed by atoms with E-state index in [0.717, 1.165) is 0 Å². The van der Waals surface area contributed by atoms with E-state index in [1.165, 1.54) is 207 Å². The van der Waals surface area contributed by atoms with Crippen LogP contribution in [0.5, 0.6) is 0 Å². The predicted molar refractivity (Wildman–Crippen MR) is 453 cm³/mol. The van der Waals surface area contributed by atoms with E-state index in [-0.39, 0.29) is 131 Å². The molecule has 0 atom stereocenters. The summed E-state index contributed by atoms with van der Waals surface area (Å²) in [4.78, 5) is 0. The van der Waals surface area contributed by atoms with Crippen molar-refractivity contribution in [2.24, 2.45) is 28.2 Å². The van der Waals surface area contributed by atoms with E-state index in [2.05, 4.69) is 380 Å². The van der Waals surface area contributed by atoms with Crippen molar-refractivity contribution in [2.45, 2.75) is 0 Å². The topological polar surface area (TPSA) is 19.7 Å². The summed E-state index contributed by atoms with van der Waals surface area (Å²) in [7, 11) is 8.63. The van der Waals surface area contributed by atoms with E-state index in [1.807, 2.05) is 30.3 Å². The molecule has 19 aromatic carbocycles. The van der Waals surface area contributed by atoms with Crippen LogP contribution in [-0.4, -0.2) is 18.3 Å². The second-order valence-corrected chi connectivity index (χ2v) is 28.1. The molecule has 0 N–H and O–H groups in total. The summed E-state index contributed by atoms with van der Waals surface area (Å²) in [6.45, 7) is 0. The predicted octanol–water partition coefficient (Wildman–Crippen LogP) is 26.7. The van der Waals surface area contributed by atoms with Crippen LogP contribution in [0.15, 0.2) is 340 Å². The van der Waals surface area contributed by atoms with Gasteiger partial charge in [-0.25, -0.2) is 0 Å². The smallest absolute Gasteiger partial charge is 0.0568 e. The zero-order valence-electron chi connectivity index (χ0n) is 61.4. The first-order valence-electron chi connectivity index (χ1n) is 36.4. The monoisotopic (exact) mass is 1700 g/mol. The maximum Gasteiger partial charge on any atom is 0.0568 e. The van der Waals surface area contributed by atoms with Crippen molar-refractivity contribution < 1.29 is 131 Å². The van der Waals surface area contributed by atoms with E-state index in [0.29, 0.717) is 0 Å². The van der Waals surface area contributed by atoms with Gasteiger partial charge in [0.05, 0.1) is 5.52 Å². The Bertz CT molecular complexity index is 7420. The van der Waals surface area contributed by atoms with Crippen LogP contribution in [0.1, 0.15) is 0 Å². The number of hydrogen-bond donors (Lipinski definition) is 0. The molecule has 0 saturated carbocycles. The summed E-state index contributed by atoms with van der Waals surface area (Å²) < 4.78 is 9.22. The molecule has 0 amide bonds. The fourth-order valence-corrected chi connectivity index (χ4v) is 17.3. The van der Waals surface area contributed by atoms with Crippen molar-refractivity contribution in [1.29, 1.82) is 0 Å². The van der Waals surface area contributed by atoms with Crippen LogP contribution >= 0.6 is 0 Å². The van der Waals surface area contributed by atoms with E-state index >= 15 is 0 Å². The number of aryl methyl sites for hydroxylation is 4. The van der Waals surface area contributed by atoms with E-state index in [4.69, 9.17) is 0 Å². The molecule has 4 radical (unpaired) electrons. The third kappa shape index (κ3) is 12.7. The van der Waals surface area contributed by atoms with E-state index in [1.54, 1.807) is 0 Å². The number of benzene rings is 19. The second-order valence-electron chi connectivity index (χ2n) is 28.1. The fourth-order valence-electron chi connectivity index (χ4n) is 17.3. The molecule has 0 saturated heterocycles. The van der Waals surface area contributed by atoms with Crippen molar-refractivity contribution in [3.8, 4) is 44.5 Å². The van der Waals surface area contributed by atoms with Gasteiger partial charge in [-0.3, -0.25) is 0 Å². The largest absolute Gasteiger partial charge is 0.361 e. The SMILES string of the molecule is Cn1c2ccc(-c3cc[c-]cc3)cc2c2c3ccccc3ccc21.Cn1c2ccc(-c3ccc(-c4cc[c-]cc4)cc3)cc2c2c3ccccc3ccc21.Cn1c2ccccc2c2c[c-]c3ccccc3c21.Cn1c2ccccc2c2cc(-c3ccc4ccc5[c-]ccc6ccc3c4c56)c3ccccc3c21.[Y].[Y].[Y].[Y]. The Morgan fingerprint density at radius 1 is 0.209 bits per heavy atom. The van der Waals surface area contributed by atoms with Gasteiger partial charge in [-0.05, 0) is 142 Å². The number of fused-ring (bicyclic) bond motifs is 20. The van der Waals surface area contributed by atoms with Gasteiger partial charge >= 0.3 is 0 Å². The van der Waals surface area contributed by atoms with Crippen molar-refractivity contribution >= 4 is 163 Å². The number of nitrogens with zero attached hydrogens (tertiary/aromatic N) is 4. The molecule has 0 aliphatic rings. The first kappa shape index (κ1) is 74.9. The molecule has 110 heavy (non-hydrogen) atoms. The zero-order chi connectivity index (χ0) is 70.7. The summed E-state index contributed by atoms with van der Waals surface area (Å²) in [6, 6.07) is 135. The van der Waals surface area contributed by atoms with Crippen LogP contribution in [0.4, 0.5) is 0 Å². The van der Waals surface area contributed by atoms with Crippen LogP contribution in [-0.2, 0) is 159 Å². The van der Waals surface area contributed by atoms with Gasteiger partial charge in [0.25, 0.3) is 0 Å². The summed E-state index contributed by atoms with van der Waals surface area (Å²) >= 11 is 0. The van der Waals surface area contributed by atoms with Crippen LogP contribution < -0.4 is 0 Å². The number of hydrogen-bond acceptors (Lipinski definition) is 0. The molecule has 0 aliphatic carbocycles. The quantitative estimate of drug-likeness (QED) is 0.124. The Kier molecular flexibility index (Phi) is 21.3. The number of para-hydroxylation sites is 2. The molecule has 0 spiro atoms. The van der Waals surface area contributed by atoms with Crippen LogP contribution in [0.3, 0.4) is 0 Å². The van der Waals surface area contributed by atoms with Crippen LogP contribution in [0.2, 0.25) is 0 Å². The molecule has 23 aromatic rings. The number of rotatable bonds is 4. The molecule has 4 aromatic heterocycles. The van der Waals surface area contributed by atoms with Gasteiger partial charge in [0.15, 0.2) is 0 Å². The Hall–Kier alpha value is -9.12. The molecule has 8 heteroatoms. The summed E-state index contributed by atoms with van der Waals surface area (Å²) in [5, 5.41) is 28.5.